The van der Waals surface area contributed by atoms with Crippen molar-refractivity contribution in [3.05, 3.63) is 12.0 Å². The van der Waals surface area contributed by atoms with Crippen molar-refractivity contribution in [1.29, 1.82) is 0 Å². The predicted molar refractivity (Wildman–Crippen MR) is 78.8 cm³/mol. The fraction of sp³-hybridized carbons (Fsp3) is 0.667. The molecule has 5 heteroatoms. The number of nitrogens with one attached hydrogen (secondary N) is 2. The molecular formula is C15H22N4O. The molecule has 0 saturated heterocycles. The number of anilines is 2. The number of carbonyl (C=O) groups is 1. The van der Waals surface area contributed by atoms with Gasteiger partial charge in [-0.25, -0.2) is 9.97 Å². The van der Waals surface area contributed by atoms with Crippen LogP contribution in [-0.2, 0) is 4.79 Å². The third-order valence-electron chi connectivity index (χ3n) is 4.31. The van der Waals surface area contributed by atoms with Crippen molar-refractivity contribution in [3.8, 4) is 0 Å². The summed E-state index contributed by atoms with van der Waals surface area (Å²) in [5.74, 6) is 2.30. The minimum atomic E-state index is 0.0177. The van der Waals surface area contributed by atoms with Crippen molar-refractivity contribution in [2.45, 2.75) is 51.4 Å². The average molecular weight is 274 g/mol. The molecule has 1 atom stereocenters. The smallest absolute Gasteiger partial charge is 0.229 e. The lowest BCUT2D eigenvalue weighted by molar-refractivity contribution is -0.119. The number of hydrogen-bond acceptors (Lipinski definition) is 4. The topological polar surface area (TPSA) is 66.9 Å². The van der Waals surface area contributed by atoms with Crippen LogP contribution in [-0.4, -0.2) is 22.4 Å². The van der Waals surface area contributed by atoms with Gasteiger partial charge in [0.25, 0.3) is 0 Å². The van der Waals surface area contributed by atoms with Crippen molar-refractivity contribution in [2.75, 3.05) is 17.2 Å². The maximum atomic E-state index is 12.1. The molecule has 5 nitrogen and oxygen atoms in total. The highest BCUT2D eigenvalue weighted by Crippen LogP contribution is 2.34. The van der Waals surface area contributed by atoms with Gasteiger partial charge in [0.1, 0.15) is 11.5 Å². The van der Waals surface area contributed by atoms with E-state index in [4.69, 9.17) is 0 Å². The standard InChI is InChI=1S/C15H22N4O/c1-2-5-11-8-16-14-12(18-15(11)20)9-17-13(19-14)10-6-3-4-7-10/h9-11H,2-8H2,1H3,(H,18,20)(H,16,17,19). The van der Waals surface area contributed by atoms with Gasteiger partial charge in [-0.1, -0.05) is 26.2 Å². The molecule has 0 aromatic carbocycles. The Kier molecular flexibility index (Phi) is 3.85. The second kappa shape index (κ2) is 5.77. The Morgan fingerprint density at radius 3 is 2.90 bits per heavy atom. The lowest BCUT2D eigenvalue weighted by Crippen LogP contribution is -2.25. The normalized spacial score (nSPS) is 22.9. The van der Waals surface area contributed by atoms with E-state index >= 15 is 0 Å². The fourth-order valence-corrected chi connectivity index (χ4v) is 3.13. The highest BCUT2D eigenvalue weighted by atomic mass is 16.2. The molecule has 108 valence electrons. The Labute approximate surface area is 119 Å². The van der Waals surface area contributed by atoms with Gasteiger partial charge in [0.2, 0.25) is 5.91 Å². The zero-order valence-corrected chi connectivity index (χ0v) is 12.0. The lowest BCUT2D eigenvalue weighted by Gasteiger charge is -2.11. The third kappa shape index (κ3) is 2.62. The Bertz CT molecular complexity index is 497. The number of amides is 1. The molecule has 1 aliphatic carbocycles. The van der Waals surface area contributed by atoms with Crippen LogP contribution in [0, 0.1) is 5.92 Å². The summed E-state index contributed by atoms with van der Waals surface area (Å²) >= 11 is 0. The van der Waals surface area contributed by atoms with Gasteiger partial charge in [0, 0.05) is 12.5 Å². The summed E-state index contributed by atoms with van der Waals surface area (Å²) < 4.78 is 0. The molecule has 2 heterocycles. The quantitative estimate of drug-likeness (QED) is 0.889. The number of fused-ring (bicyclic) bond motifs is 1. The van der Waals surface area contributed by atoms with Crippen molar-refractivity contribution in [3.63, 3.8) is 0 Å². The van der Waals surface area contributed by atoms with Crippen LogP contribution in [0.2, 0.25) is 0 Å². The van der Waals surface area contributed by atoms with Crippen molar-refractivity contribution in [2.24, 2.45) is 5.92 Å². The van der Waals surface area contributed by atoms with Crippen LogP contribution in [0.5, 0.6) is 0 Å². The van der Waals surface area contributed by atoms with Crippen molar-refractivity contribution >= 4 is 17.4 Å². The van der Waals surface area contributed by atoms with E-state index in [2.05, 4.69) is 27.5 Å². The molecule has 2 N–H and O–H groups in total. The van der Waals surface area contributed by atoms with Gasteiger partial charge in [-0.15, -0.1) is 0 Å². The first-order valence-corrected chi connectivity index (χ1v) is 7.69. The molecule has 1 aromatic heterocycles. The Morgan fingerprint density at radius 1 is 1.35 bits per heavy atom. The van der Waals surface area contributed by atoms with Crippen molar-refractivity contribution < 1.29 is 4.79 Å². The average Bonchev–Trinajstić information content (AvgIpc) is 2.93. The highest BCUT2D eigenvalue weighted by Gasteiger charge is 2.25. The summed E-state index contributed by atoms with van der Waals surface area (Å²) in [6, 6.07) is 0. The number of hydrogen-bond donors (Lipinski definition) is 2. The summed E-state index contributed by atoms with van der Waals surface area (Å²) in [6.45, 7) is 2.76. The molecule has 1 saturated carbocycles. The molecule has 1 fully saturated rings. The molecule has 0 radical (unpaired) electrons. The van der Waals surface area contributed by atoms with Gasteiger partial charge in [-0.3, -0.25) is 4.79 Å². The van der Waals surface area contributed by atoms with E-state index in [9.17, 15) is 4.79 Å². The molecule has 0 bridgehead atoms. The van der Waals surface area contributed by atoms with Crippen LogP contribution in [0.4, 0.5) is 11.5 Å². The maximum absolute atomic E-state index is 12.1. The van der Waals surface area contributed by atoms with E-state index in [1.54, 1.807) is 6.20 Å². The first-order chi connectivity index (χ1) is 9.78. The Morgan fingerprint density at radius 2 is 2.15 bits per heavy atom. The van der Waals surface area contributed by atoms with E-state index in [0.29, 0.717) is 12.5 Å². The molecule has 1 amide bonds. The summed E-state index contributed by atoms with van der Waals surface area (Å²) in [7, 11) is 0. The Balaban J connectivity index is 1.81. The molecular weight excluding hydrogens is 252 g/mol. The van der Waals surface area contributed by atoms with Crippen LogP contribution < -0.4 is 10.6 Å². The van der Waals surface area contributed by atoms with Gasteiger partial charge in [-0.2, -0.15) is 0 Å². The van der Waals surface area contributed by atoms with Gasteiger partial charge in [-0.05, 0) is 19.3 Å². The molecule has 20 heavy (non-hydrogen) atoms. The monoisotopic (exact) mass is 274 g/mol. The summed E-state index contributed by atoms with van der Waals surface area (Å²) in [4.78, 5) is 21.2. The van der Waals surface area contributed by atoms with E-state index < -0.39 is 0 Å². The molecule has 1 unspecified atom stereocenters. The zero-order valence-electron chi connectivity index (χ0n) is 12.0. The fourth-order valence-electron chi connectivity index (χ4n) is 3.13. The SMILES string of the molecule is CCCC1CNc2nc(C3CCCC3)ncc2NC1=O. The van der Waals surface area contributed by atoms with Gasteiger partial charge in [0.15, 0.2) is 5.82 Å². The van der Waals surface area contributed by atoms with Crippen LogP contribution in [0.3, 0.4) is 0 Å². The van der Waals surface area contributed by atoms with Crippen LogP contribution >= 0.6 is 0 Å². The molecule has 1 aromatic rings. The van der Waals surface area contributed by atoms with Crippen LogP contribution in [0.1, 0.15) is 57.2 Å². The number of nitrogens with zero attached hydrogens (tertiary/aromatic N) is 2. The van der Waals surface area contributed by atoms with Gasteiger partial charge in [0.05, 0.1) is 12.1 Å². The maximum Gasteiger partial charge on any atom is 0.229 e. The summed E-state index contributed by atoms with van der Waals surface area (Å²) in [6.07, 6.45) is 8.58. The van der Waals surface area contributed by atoms with Gasteiger partial charge >= 0.3 is 0 Å². The second-order valence-corrected chi connectivity index (χ2v) is 5.83. The molecule has 2 aliphatic rings. The lowest BCUT2D eigenvalue weighted by atomic mass is 10.0. The number of rotatable bonds is 3. The number of aromatic nitrogens is 2. The second-order valence-electron chi connectivity index (χ2n) is 5.83. The minimum absolute atomic E-state index is 0.0177. The minimum Gasteiger partial charge on any atom is -0.367 e. The van der Waals surface area contributed by atoms with Crippen LogP contribution in [0.25, 0.3) is 0 Å². The molecule has 1 aliphatic heterocycles. The van der Waals surface area contributed by atoms with E-state index in [-0.39, 0.29) is 11.8 Å². The van der Waals surface area contributed by atoms with Gasteiger partial charge < -0.3 is 10.6 Å². The van der Waals surface area contributed by atoms with E-state index in [1.807, 2.05) is 0 Å². The third-order valence-corrected chi connectivity index (χ3v) is 4.31. The summed E-state index contributed by atoms with van der Waals surface area (Å²) in [5, 5.41) is 6.27. The molecule has 3 rings (SSSR count). The van der Waals surface area contributed by atoms with E-state index in [1.165, 1.54) is 25.7 Å². The first kappa shape index (κ1) is 13.3. The van der Waals surface area contributed by atoms with E-state index in [0.717, 1.165) is 30.2 Å². The number of carbonyl (C=O) groups excluding carboxylic acids is 1. The Hall–Kier alpha value is -1.65. The largest absolute Gasteiger partial charge is 0.367 e. The zero-order chi connectivity index (χ0) is 13.9. The first-order valence-electron chi connectivity index (χ1n) is 7.69. The molecule has 0 spiro atoms. The summed E-state index contributed by atoms with van der Waals surface area (Å²) in [5.41, 5.74) is 0.718. The van der Waals surface area contributed by atoms with Crippen LogP contribution in [0.15, 0.2) is 6.20 Å². The predicted octanol–water partition coefficient (Wildman–Crippen LogP) is 2.91. The highest BCUT2D eigenvalue weighted by molar-refractivity contribution is 5.96. The van der Waals surface area contributed by atoms with Crippen molar-refractivity contribution in [1.82, 2.24) is 9.97 Å².